The number of rotatable bonds is 9. The Morgan fingerprint density at radius 1 is 0.848 bits per heavy atom. The molecule has 1 unspecified atom stereocenters. The third-order valence-electron chi connectivity index (χ3n) is 8.56. The van der Waals surface area contributed by atoms with E-state index in [0.29, 0.717) is 30.2 Å². The van der Waals surface area contributed by atoms with Crippen molar-refractivity contribution in [2.24, 2.45) is 0 Å². The van der Waals surface area contributed by atoms with Crippen LogP contribution in [0, 0.1) is 13.8 Å². The number of aryl methyl sites for hydroxylation is 2. The molecule has 46 heavy (non-hydrogen) atoms. The lowest BCUT2D eigenvalue weighted by Gasteiger charge is -2.33. The molecule has 2 heterocycles. The number of amides is 3. The lowest BCUT2D eigenvalue weighted by atomic mass is 10.0. The number of para-hydroxylation sites is 1. The third-order valence-corrected chi connectivity index (χ3v) is 8.56. The maximum Gasteiger partial charge on any atom is 0.299 e. The summed E-state index contributed by atoms with van der Waals surface area (Å²) in [6.07, 6.45) is 0. The topological polar surface area (TPSA) is 99.3 Å². The van der Waals surface area contributed by atoms with Gasteiger partial charge in [0.1, 0.15) is 12.6 Å². The van der Waals surface area contributed by atoms with Crippen molar-refractivity contribution >= 4 is 40.6 Å². The molecule has 9 heteroatoms. The van der Waals surface area contributed by atoms with E-state index >= 15 is 0 Å². The Kier molecular flexibility index (Phi) is 8.94. The fourth-order valence-electron chi connectivity index (χ4n) is 5.94. The number of hydrogen-bond donors (Lipinski definition) is 1. The number of nitrogens with one attached hydrogen (secondary N) is 1. The Hall–Kier alpha value is -5.28. The van der Waals surface area contributed by atoms with Crippen molar-refractivity contribution < 1.29 is 23.9 Å². The highest BCUT2D eigenvalue weighted by Crippen LogP contribution is 2.31. The summed E-state index contributed by atoms with van der Waals surface area (Å²) in [6, 6.07) is 28.4. The van der Waals surface area contributed by atoms with E-state index in [0.717, 1.165) is 35.5 Å². The molecule has 0 bridgehead atoms. The van der Waals surface area contributed by atoms with Gasteiger partial charge in [-0.2, -0.15) is 0 Å². The van der Waals surface area contributed by atoms with Gasteiger partial charge in [-0.1, -0.05) is 66.2 Å². The van der Waals surface area contributed by atoms with E-state index in [1.165, 1.54) is 9.80 Å². The maximum absolute atomic E-state index is 14.4. The molecule has 0 spiro atoms. The highest BCUT2D eigenvalue weighted by Gasteiger charge is 2.39. The second-order valence-corrected chi connectivity index (χ2v) is 11.6. The van der Waals surface area contributed by atoms with Gasteiger partial charge in [0, 0.05) is 31.0 Å². The van der Waals surface area contributed by atoms with E-state index in [1.54, 1.807) is 24.3 Å². The average Bonchev–Trinajstić information content (AvgIpc) is 3.31. The van der Waals surface area contributed by atoms with Crippen molar-refractivity contribution in [3.63, 3.8) is 0 Å². The van der Waals surface area contributed by atoms with Gasteiger partial charge >= 0.3 is 0 Å². The second kappa shape index (κ2) is 13.4. The number of carbonyl (C=O) groups excluding carboxylic acids is 4. The quantitative estimate of drug-likeness (QED) is 0.264. The number of carbonyl (C=O) groups is 4. The first-order valence-electron chi connectivity index (χ1n) is 15.4. The molecule has 0 aliphatic carbocycles. The zero-order chi connectivity index (χ0) is 32.2. The minimum Gasteiger partial charge on any atom is -0.378 e. The molecule has 0 aromatic heterocycles. The van der Waals surface area contributed by atoms with Gasteiger partial charge < -0.3 is 19.9 Å². The van der Waals surface area contributed by atoms with Crippen molar-refractivity contribution in [1.29, 1.82) is 0 Å². The fourth-order valence-corrected chi connectivity index (χ4v) is 5.94. The normalized spacial score (nSPS) is 15.0. The van der Waals surface area contributed by atoms with Gasteiger partial charge in [0.25, 0.3) is 17.6 Å². The lowest BCUT2D eigenvalue weighted by molar-refractivity contribution is -0.139. The highest BCUT2D eigenvalue weighted by molar-refractivity contribution is 6.52. The Balaban J connectivity index is 1.34. The molecule has 4 aromatic carbocycles. The van der Waals surface area contributed by atoms with Crippen LogP contribution in [-0.4, -0.2) is 61.3 Å². The van der Waals surface area contributed by atoms with Gasteiger partial charge in [-0.15, -0.1) is 0 Å². The zero-order valence-corrected chi connectivity index (χ0v) is 25.9. The smallest absolute Gasteiger partial charge is 0.299 e. The Morgan fingerprint density at radius 2 is 1.52 bits per heavy atom. The zero-order valence-electron chi connectivity index (χ0n) is 25.9. The summed E-state index contributed by atoms with van der Waals surface area (Å²) in [6.45, 7) is 6.57. The van der Waals surface area contributed by atoms with E-state index in [2.05, 4.69) is 10.2 Å². The number of hydrogen-bond acceptors (Lipinski definition) is 6. The summed E-state index contributed by atoms with van der Waals surface area (Å²) >= 11 is 0. The summed E-state index contributed by atoms with van der Waals surface area (Å²) in [5.74, 6) is -2.28. The summed E-state index contributed by atoms with van der Waals surface area (Å²) in [5.41, 5.74) is 5.74. The molecule has 1 atom stereocenters. The minimum absolute atomic E-state index is 0.116. The van der Waals surface area contributed by atoms with E-state index in [1.807, 2.05) is 86.6 Å². The van der Waals surface area contributed by atoms with Crippen LogP contribution in [0.5, 0.6) is 0 Å². The lowest BCUT2D eigenvalue weighted by Crippen LogP contribution is -2.46. The molecule has 0 saturated carbocycles. The van der Waals surface area contributed by atoms with E-state index in [9.17, 15) is 19.2 Å². The molecule has 0 radical (unpaired) electrons. The fraction of sp³-hybridized carbons (Fsp3) is 0.243. The van der Waals surface area contributed by atoms with Gasteiger partial charge in [0.15, 0.2) is 0 Å². The highest BCUT2D eigenvalue weighted by atomic mass is 16.5. The molecular formula is C37H36N4O5. The van der Waals surface area contributed by atoms with E-state index in [-0.39, 0.29) is 12.1 Å². The SMILES string of the molecule is Cc1ccc(C(C(=O)Nc2ccc(N3CCOCC3)cc2)N(Cc2ccccc2C)C(=O)CN2C(=O)C(=O)c3ccccc32)cc1. The maximum atomic E-state index is 14.4. The number of anilines is 3. The van der Waals surface area contributed by atoms with Crippen LogP contribution >= 0.6 is 0 Å². The van der Waals surface area contributed by atoms with Crippen LogP contribution in [-0.2, 0) is 25.7 Å². The average molecular weight is 617 g/mol. The first kappa shape index (κ1) is 30.7. The molecule has 1 saturated heterocycles. The van der Waals surface area contributed by atoms with E-state index in [4.69, 9.17) is 4.74 Å². The van der Waals surface area contributed by atoms with Crippen molar-refractivity contribution in [2.45, 2.75) is 26.4 Å². The Labute approximate surface area is 268 Å². The van der Waals surface area contributed by atoms with Crippen LogP contribution in [0.4, 0.5) is 17.1 Å². The number of Topliss-reactive ketones (excluding diaryl/α,β-unsaturated/α-hetero) is 1. The van der Waals surface area contributed by atoms with Crippen LogP contribution in [0.1, 0.15) is 38.7 Å². The molecule has 4 aromatic rings. The van der Waals surface area contributed by atoms with Gasteiger partial charge in [0.05, 0.1) is 24.5 Å². The van der Waals surface area contributed by atoms with Crippen LogP contribution in [0.25, 0.3) is 0 Å². The van der Waals surface area contributed by atoms with Crippen molar-refractivity contribution in [1.82, 2.24) is 4.90 Å². The largest absolute Gasteiger partial charge is 0.378 e. The Bertz CT molecular complexity index is 1760. The molecule has 1 N–H and O–H groups in total. The number of fused-ring (bicyclic) bond motifs is 1. The standard InChI is InChI=1S/C37H36N4O5/c1-25-11-13-27(14-12-25)34(36(44)38-29-15-17-30(18-16-29)39-19-21-46-22-20-39)41(23-28-8-4-3-7-26(28)2)33(42)24-40-32-10-6-5-9-31(32)35(43)37(40)45/h3-18,34H,19-24H2,1-2H3,(H,38,44). The second-order valence-electron chi connectivity index (χ2n) is 11.6. The Morgan fingerprint density at radius 3 is 2.24 bits per heavy atom. The van der Waals surface area contributed by atoms with Gasteiger partial charge in [-0.3, -0.25) is 24.1 Å². The molecule has 1 fully saturated rings. The molecular weight excluding hydrogens is 580 g/mol. The van der Waals surface area contributed by atoms with E-state index < -0.39 is 36.1 Å². The van der Waals surface area contributed by atoms with Crippen molar-refractivity contribution in [2.75, 3.05) is 48.0 Å². The number of morpholine rings is 1. The first-order chi connectivity index (χ1) is 22.3. The van der Waals surface area contributed by atoms with Crippen LogP contribution in [0.15, 0.2) is 97.1 Å². The predicted molar refractivity (Wildman–Crippen MR) is 177 cm³/mol. The number of ketones is 1. The van der Waals surface area contributed by atoms with Gasteiger partial charge in [0.2, 0.25) is 5.91 Å². The number of ether oxygens (including phenoxy) is 1. The molecule has 234 valence electrons. The van der Waals surface area contributed by atoms with Crippen LogP contribution in [0.3, 0.4) is 0 Å². The minimum atomic E-state index is -1.03. The number of nitrogens with zero attached hydrogens (tertiary/aromatic N) is 3. The number of benzene rings is 4. The summed E-state index contributed by atoms with van der Waals surface area (Å²) in [7, 11) is 0. The third kappa shape index (κ3) is 6.41. The summed E-state index contributed by atoms with van der Waals surface area (Å²) < 4.78 is 5.47. The van der Waals surface area contributed by atoms with Gasteiger partial charge in [-0.05, 0) is 66.9 Å². The van der Waals surface area contributed by atoms with Crippen molar-refractivity contribution in [3.8, 4) is 0 Å². The van der Waals surface area contributed by atoms with Crippen molar-refractivity contribution in [3.05, 3.63) is 125 Å². The molecule has 3 amide bonds. The summed E-state index contributed by atoms with van der Waals surface area (Å²) in [5, 5.41) is 3.04. The summed E-state index contributed by atoms with van der Waals surface area (Å²) in [4.78, 5) is 59.4. The predicted octanol–water partition coefficient (Wildman–Crippen LogP) is 5.08. The molecule has 9 nitrogen and oxygen atoms in total. The molecule has 2 aliphatic rings. The van der Waals surface area contributed by atoms with Crippen LogP contribution in [0.2, 0.25) is 0 Å². The van der Waals surface area contributed by atoms with Crippen LogP contribution < -0.4 is 15.1 Å². The first-order valence-corrected chi connectivity index (χ1v) is 15.4. The molecule has 2 aliphatic heterocycles. The molecule has 6 rings (SSSR count). The monoisotopic (exact) mass is 616 g/mol. The van der Waals surface area contributed by atoms with Gasteiger partial charge in [-0.25, -0.2) is 0 Å².